The predicted octanol–water partition coefficient (Wildman–Crippen LogP) is 9.81. The van der Waals surface area contributed by atoms with Crippen molar-refractivity contribution in [2.45, 2.75) is 38.1 Å². The van der Waals surface area contributed by atoms with Gasteiger partial charge in [0.1, 0.15) is 0 Å². The van der Waals surface area contributed by atoms with E-state index in [9.17, 15) is 15.8 Å². The number of benzene rings is 5. The Labute approximate surface area is 302 Å². The maximum atomic E-state index is 11.2. The Kier molecular flexibility index (Phi) is 7.11. The first kappa shape index (κ1) is 31.1. The summed E-state index contributed by atoms with van der Waals surface area (Å²) in [5.74, 6) is 0. The SMILES string of the molecule is CC1/C=C\C=C/Cc2c(C#N)cccc2N1c1cccc(C2(C)Cc3cc(c4cc(C#N)cc5c6ccccc6n(c6ccccc36)c45)=C2C#N)c1. The largest absolute Gasteiger partial charge is 0.334 e. The Morgan fingerprint density at radius 2 is 1.46 bits per heavy atom. The molecular formula is C47H33N5. The van der Waals surface area contributed by atoms with Crippen LogP contribution in [0.4, 0.5) is 11.4 Å². The zero-order chi connectivity index (χ0) is 35.6. The summed E-state index contributed by atoms with van der Waals surface area (Å²) in [4.78, 5) is 2.31. The molecule has 0 fully saturated rings. The predicted molar refractivity (Wildman–Crippen MR) is 210 cm³/mol. The second-order valence-electron chi connectivity index (χ2n) is 14.1. The van der Waals surface area contributed by atoms with Crippen LogP contribution in [0.3, 0.4) is 0 Å². The Bertz CT molecular complexity index is 2940. The van der Waals surface area contributed by atoms with Gasteiger partial charge in [0.05, 0.1) is 45.9 Å². The third-order valence-electron chi connectivity index (χ3n) is 11.1. The van der Waals surface area contributed by atoms with Gasteiger partial charge < -0.3 is 9.30 Å². The summed E-state index contributed by atoms with van der Waals surface area (Å²) in [6.45, 7) is 4.36. The van der Waals surface area contributed by atoms with Gasteiger partial charge in [0, 0.05) is 49.9 Å². The molecular weight excluding hydrogens is 635 g/mol. The van der Waals surface area contributed by atoms with Crippen LogP contribution in [0.15, 0.2) is 133 Å². The number of rotatable bonds is 2. The number of anilines is 2. The minimum Gasteiger partial charge on any atom is -0.334 e. The maximum absolute atomic E-state index is 11.2. The molecule has 1 aliphatic carbocycles. The molecule has 0 amide bonds. The van der Waals surface area contributed by atoms with Crippen LogP contribution in [0.2, 0.25) is 0 Å². The van der Waals surface area contributed by atoms with Crippen LogP contribution in [0.1, 0.15) is 41.7 Å². The molecule has 7 aromatic rings. The normalized spacial score (nSPS) is 19.2. The van der Waals surface area contributed by atoms with Crippen LogP contribution in [0.25, 0.3) is 43.7 Å². The molecule has 2 aromatic heterocycles. The summed E-state index contributed by atoms with van der Waals surface area (Å²) < 4.78 is 2.32. The first-order valence-electron chi connectivity index (χ1n) is 17.6. The minimum absolute atomic E-state index is 0.0109. The van der Waals surface area contributed by atoms with E-state index in [4.69, 9.17) is 0 Å². The van der Waals surface area contributed by atoms with Gasteiger partial charge in [0.25, 0.3) is 0 Å². The number of nitrogens with zero attached hydrogens (tertiary/aromatic N) is 5. The van der Waals surface area contributed by atoms with Crippen molar-refractivity contribution in [1.82, 2.24) is 4.40 Å². The molecule has 5 aromatic carbocycles. The van der Waals surface area contributed by atoms with Crippen molar-refractivity contribution in [1.29, 1.82) is 15.8 Å². The molecule has 2 aliphatic rings. The summed E-state index contributed by atoms with van der Waals surface area (Å²) in [5.41, 5.74) is 9.52. The van der Waals surface area contributed by atoms with Gasteiger partial charge in [-0.15, -0.1) is 0 Å². The van der Waals surface area contributed by atoms with Crippen molar-refractivity contribution in [3.8, 4) is 18.2 Å². The zero-order valence-electron chi connectivity index (χ0n) is 28.9. The molecule has 9 rings (SSSR count). The lowest BCUT2D eigenvalue weighted by atomic mass is 9.68. The maximum Gasteiger partial charge on any atom is 0.0995 e. The van der Waals surface area contributed by atoms with Crippen molar-refractivity contribution >= 4 is 55.0 Å². The fourth-order valence-corrected chi connectivity index (χ4v) is 8.72. The van der Waals surface area contributed by atoms with Crippen molar-refractivity contribution in [2.75, 3.05) is 4.90 Å². The van der Waals surface area contributed by atoms with Gasteiger partial charge in [-0.2, -0.15) is 15.8 Å². The van der Waals surface area contributed by atoms with Crippen LogP contribution < -0.4 is 10.1 Å². The van der Waals surface area contributed by atoms with E-state index >= 15 is 0 Å². The topological polar surface area (TPSA) is 79.0 Å². The Hall–Kier alpha value is -6.87. The lowest BCUT2D eigenvalue weighted by Crippen LogP contribution is -2.35. The average molecular weight is 668 g/mol. The van der Waals surface area contributed by atoms with E-state index in [1.165, 1.54) is 0 Å². The van der Waals surface area contributed by atoms with Crippen LogP contribution in [-0.4, -0.2) is 10.4 Å². The zero-order valence-corrected chi connectivity index (χ0v) is 28.9. The van der Waals surface area contributed by atoms with Gasteiger partial charge >= 0.3 is 0 Å². The van der Waals surface area contributed by atoms with Crippen LogP contribution in [-0.2, 0) is 18.3 Å². The van der Waals surface area contributed by atoms with E-state index in [-0.39, 0.29) is 6.04 Å². The third-order valence-corrected chi connectivity index (χ3v) is 11.1. The van der Waals surface area contributed by atoms with Crippen molar-refractivity contribution in [2.24, 2.45) is 0 Å². The summed E-state index contributed by atoms with van der Waals surface area (Å²) in [5, 5.41) is 36.5. The Morgan fingerprint density at radius 1 is 0.712 bits per heavy atom. The molecule has 5 nitrogen and oxygen atoms in total. The summed E-state index contributed by atoms with van der Waals surface area (Å²) in [7, 11) is 0. The minimum atomic E-state index is -0.696. The average Bonchev–Trinajstić information content (AvgIpc) is 3.54. The molecule has 0 saturated carbocycles. The number of aromatic nitrogens is 1. The van der Waals surface area contributed by atoms with E-state index in [2.05, 4.69) is 145 Å². The number of allylic oxidation sites excluding steroid dienone is 3. The van der Waals surface area contributed by atoms with Gasteiger partial charge in [-0.25, -0.2) is 0 Å². The number of fused-ring (bicyclic) bond motifs is 10. The quantitative estimate of drug-likeness (QED) is 0.184. The Morgan fingerprint density at radius 3 is 2.25 bits per heavy atom. The highest BCUT2D eigenvalue weighted by Gasteiger charge is 2.37. The molecule has 246 valence electrons. The number of hydrogen-bond acceptors (Lipinski definition) is 4. The lowest BCUT2D eigenvalue weighted by Gasteiger charge is -2.36. The van der Waals surface area contributed by atoms with Crippen LogP contribution in [0.5, 0.6) is 0 Å². The van der Waals surface area contributed by atoms with E-state index in [1.54, 1.807) is 0 Å². The molecule has 0 saturated heterocycles. The monoisotopic (exact) mass is 667 g/mol. The van der Waals surface area contributed by atoms with Crippen LogP contribution >= 0.6 is 0 Å². The molecule has 0 spiro atoms. The van der Waals surface area contributed by atoms with Gasteiger partial charge in [0.2, 0.25) is 0 Å². The van der Waals surface area contributed by atoms with E-state index in [0.717, 1.165) is 71.4 Å². The van der Waals surface area contributed by atoms with E-state index in [1.807, 2.05) is 30.3 Å². The second kappa shape index (κ2) is 11.9. The molecule has 0 N–H and O–H groups in total. The summed E-state index contributed by atoms with van der Waals surface area (Å²) >= 11 is 0. The highest BCUT2D eigenvalue weighted by molar-refractivity contribution is 6.16. The highest BCUT2D eigenvalue weighted by Crippen LogP contribution is 2.44. The first-order chi connectivity index (χ1) is 25.4. The molecule has 5 heteroatoms. The van der Waals surface area contributed by atoms with Crippen molar-refractivity contribution in [3.63, 3.8) is 0 Å². The third kappa shape index (κ3) is 4.52. The van der Waals surface area contributed by atoms with Crippen molar-refractivity contribution < 1.29 is 0 Å². The van der Waals surface area contributed by atoms with Crippen molar-refractivity contribution in [3.05, 3.63) is 167 Å². The second-order valence-corrected chi connectivity index (χ2v) is 14.1. The molecule has 0 radical (unpaired) electrons. The Balaban J connectivity index is 1.37. The van der Waals surface area contributed by atoms with Crippen LogP contribution in [0, 0.1) is 34.0 Å². The molecule has 3 heterocycles. The van der Waals surface area contributed by atoms with Gasteiger partial charge in [-0.05, 0) is 96.3 Å². The molecule has 2 unspecified atom stereocenters. The number of nitriles is 3. The molecule has 2 bridgehead atoms. The fraction of sp³-hybridized carbons (Fsp3) is 0.128. The first-order valence-corrected chi connectivity index (χ1v) is 17.6. The number of hydrogen-bond donors (Lipinski definition) is 0. The molecule has 1 aliphatic heterocycles. The smallest absolute Gasteiger partial charge is 0.0995 e. The van der Waals surface area contributed by atoms with Gasteiger partial charge in [0.15, 0.2) is 0 Å². The molecule has 2 atom stereocenters. The van der Waals surface area contributed by atoms with Gasteiger partial charge in [-0.3, -0.25) is 0 Å². The van der Waals surface area contributed by atoms with E-state index < -0.39 is 5.41 Å². The fourth-order valence-electron chi connectivity index (χ4n) is 8.72. The number of para-hydroxylation sites is 2. The molecule has 52 heavy (non-hydrogen) atoms. The van der Waals surface area contributed by atoms with Gasteiger partial charge in [-0.1, -0.05) is 85.8 Å². The standard InChI is InChI=1S/C47H33N5/c1-30-12-4-3-5-16-36-32(28-49)13-10-21-43(36)51(30)35-15-11-14-34(25-35)47(2)26-33-24-39(42(47)29-50)41-23-31(27-48)22-40-38-18-7-9-20-45(38)52(46(40)41)44-19-8-6-17-37(33)44/h3-15,17-25,30H,16,26H2,1-2H3/b5-3-,12-4-. The summed E-state index contributed by atoms with van der Waals surface area (Å²) in [6.07, 6.45) is 9.67. The van der Waals surface area contributed by atoms with E-state index in [0.29, 0.717) is 29.5 Å². The highest BCUT2D eigenvalue weighted by atomic mass is 15.2. The lowest BCUT2D eigenvalue weighted by molar-refractivity contribution is 0.608. The summed E-state index contributed by atoms with van der Waals surface area (Å²) in [6, 6.07) is 45.1.